The SMILES string of the molecule is Oc1cc(O)c2ccc(Oc3ccc4c(O)cccc4c3O)cc2c1O. The maximum atomic E-state index is 10.4. The molecule has 0 spiro atoms. The van der Waals surface area contributed by atoms with Crippen molar-refractivity contribution in [3.63, 3.8) is 0 Å². The lowest BCUT2D eigenvalue weighted by molar-refractivity contribution is 0.401. The van der Waals surface area contributed by atoms with E-state index in [1.807, 2.05) is 0 Å². The van der Waals surface area contributed by atoms with Gasteiger partial charge in [-0.05, 0) is 36.4 Å². The Hall–Kier alpha value is -3.80. The molecule has 6 nitrogen and oxygen atoms in total. The molecule has 0 saturated carbocycles. The zero-order valence-corrected chi connectivity index (χ0v) is 13.3. The van der Waals surface area contributed by atoms with Crippen LogP contribution in [0.3, 0.4) is 0 Å². The van der Waals surface area contributed by atoms with Gasteiger partial charge >= 0.3 is 0 Å². The Bertz CT molecular complexity index is 1170. The topological polar surface area (TPSA) is 110 Å². The number of phenolic OH excluding ortho intramolecular Hbond substituents is 5. The second kappa shape index (κ2) is 5.63. The lowest BCUT2D eigenvalue weighted by Crippen LogP contribution is -1.87. The van der Waals surface area contributed by atoms with E-state index in [4.69, 9.17) is 4.74 Å². The van der Waals surface area contributed by atoms with Crippen molar-refractivity contribution < 1.29 is 30.3 Å². The van der Waals surface area contributed by atoms with Crippen molar-refractivity contribution in [1.29, 1.82) is 0 Å². The summed E-state index contributed by atoms with van der Waals surface area (Å²) in [5.41, 5.74) is 0. The molecule has 6 heteroatoms. The molecular weight excluding hydrogens is 336 g/mol. The van der Waals surface area contributed by atoms with E-state index in [2.05, 4.69) is 0 Å². The van der Waals surface area contributed by atoms with E-state index in [-0.39, 0.29) is 39.9 Å². The minimum absolute atomic E-state index is 0.0472. The fourth-order valence-corrected chi connectivity index (χ4v) is 2.93. The molecule has 130 valence electrons. The summed E-state index contributed by atoms with van der Waals surface area (Å²) >= 11 is 0. The third-order valence-electron chi connectivity index (χ3n) is 4.24. The van der Waals surface area contributed by atoms with Crippen LogP contribution < -0.4 is 4.74 Å². The summed E-state index contributed by atoms with van der Waals surface area (Å²) in [7, 11) is 0. The largest absolute Gasteiger partial charge is 0.507 e. The van der Waals surface area contributed by atoms with Crippen LogP contribution in [0.4, 0.5) is 0 Å². The van der Waals surface area contributed by atoms with Gasteiger partial charge < -0.3 is 30.3 Å². The number of phenols is 5. The van der Waals surface area contributed by atoms with E-state index in [1.165, 1.54) is 24.3 Å². The third-order valence-corrected chi connectivity index (χ3v) is 4.24. The quantitative estimate of drug-likeness (QED) is 0.272. The summed E-state index contributed by atoms with van der Waals surface area (Å²) < 4.78 is 5.69. The molecule has 0 fully saturated rings. The molecule has 0 heterocycles. The smallest absolute Gasteiger partial charge is 0.169 e. The summed E-state index contributed by atoms with van der Waals surface area (Å²) in [4.78, 5) is 0. The van der Waals surface area contributed by atoms with Crippen molar-refractivity contribution in [1.82, 2.24) is 0 Å². The molecule has 0 saturated heterocycles. The van der Waals surface area contributed by atoms with Gasteiger partial charge in [0.15, 0.2) is 23.0 Å². The number of aromatic hydroxyl groups is 5. The maximum Gasteiger partial charge on any atom is 0.169 e. The summed E-state index contributed by atoms with van der Waals surface area (Å²) in [5.74, 6) is -0.649. The van der Waals surface area contributed by atoms with Gasteiger partial charge in [-0.15, -0.1) is 0 Å². The third kappa shape index (κ3) is 2.36. The normalized spacial score (nSPS) is 11.1. The summed E-state index contributed by atoms with van der Waals surface area (Å²) in [6.45, 7) is 0. The average Bonchev–Trinajstić information content (AvgIpc) is 2.62. The molecule has 4 rings (SSSR count). The highest BCUT2D eigenvalue weighted by molar-refractivity contribution is 5.96. The average molecular weight is 350 g/mol. The molecule has 0 radical (unpaired) electrons. The lowest BCUT2D eigenvalue weighted by Gasteiger charge is -2.12. The van der Waals surface area contributed by atoms with E-state index < -0.39 is 5.75 Å². The van der Waals surface area contributed by atoms with Crippen LogP contribution in [0.5, 0.6) is 40.2 Å². The van der Waals surface area contributed by atoms with Gasteiger partial charge in [-0.3, -0.25) is 0 Å². The van der Waals surface area contributed by atoms with Gasteiger partial charge in [-0.25, -0.2) is 0 Å². The molecule has 26 heavy (non-hydrogen) atoms. The summed E-state index contributed by atoms with van der Waals surface area (Å²) in [6.07, 6.45) is 0. The molecule has 0 aliphatic heterocycles. The van der Waals surface area contributed by atoms with Crippen molar-refractivity contribution in [2.75, 3.05) is 0 Å². The number of hydrogen-bond acceptors (Lipinski definition) is 6. The second-order valence-electron chi connectivity index (χ2n) is 5.86. The molecule has 0 aromatic heterocycles. The monoisotopic (exact) mass is 350 g/mol. The molecule has 0 aliphatic rings. The Kier molecular flexibility index (Phi) is 3.40. The number of fused-ring (bicyclic) bond motifs is 2. The van der Waals surface area contributed by atoms with Gasteiger partial charge in [-0.2, -0.15) is 0 Å². The van der Waals surface area contributed by atoms with Gasteiger partial charge in [-0.1, -0.05) is 12.1 Å². The van der Waals surface area contributed by atoms with Crippen molar-refractivity contribution in [3.8, 4) is 40.2 Å². The Morgan fingerprint density at radius 2 is 1.27 bits per heavy atom. The molecular formula is C20H14O6. The van der Waals surface area contributed by atoms with Crippen LogP contribution in [0.1, 0.15) is 0 Å². The Labute approximate surface area is 147 Å². The molecule has 0 amide bonds. The minimum Gasteiger partial charge on any atom is -0.507 e. The van der Waals surface area contributed by atoms with Crippen LogP contribution in [0.15, 0.2) is 54.6 Å². The summed E-state index contributed by atoms with van der Waals surface area (Å²) in [5, 5.41) is 51.3. The number of rotatable bonds is 2. The van der Waals surface area contributed by atoms with Gasteiger partial charge in [0.25, 0.3) is 0 Å². The Morgan fingerprint density at radius 1 is 0.538 bits per heavy atom. The van der Waals surface area contributed by atoms with Crippen LogP contribution in [0, 0.1) is 0 Å². The fourth-order valence-electron chi connectivity index (χ4n) is 2.93. The van der Waals surface area contributed by atoms with Crippen LogP contribution in [-0.2, 0) is 0 Å². The zero-order valence-electron chi connectivity index (χ0n) is 13.3. The Balaban J connectivity index is 1.82. The van der Waals surface area contributed by atoms with Crippen LogP contribution >= 0.6 is 0 Å². The van der Waals surface area contributed by atoms with Crippen molar-refractivity contribution in [3.05, 3.63) is 54.6 Å². The molecule has 0 bridgehead atoms. The first-order valence-corrected chi connectivity index (χ1v) is 7.75. The highest BCUT2D eigenvalue weighted by atomic mass is 16.5. The first kappa shape index (κ1) is 15.7. The van der Waals surface area contributed by atoms with E-state index >= 15 is 0 Å². The number of hydrogen-bond donors (Lipinski definition) is 5. The summed E-state index contributed by atoms with van der Waals surface area (Å²) in [6, 6.07) is 13.5. The lowest BCUT2D eigenvalue weighted by atomic mass is 10.1. The predicted molar refractivity (Wildman–Crippen MR) is 96.3 cm³/mol. The fraction of sp³-hybridized carbons (Fsp3) is 0. The van der Waals surface area contributed by atoms with Crippen LogP contribution in [-0.4, -0.2) is 25.5 Å². The van der Waals surface area contributed by atoms with E-state index in [9.17, 15) is 25.5 Å². The highest BCUT2D eigenvalue weighted by Crippen LogP contribution is 2.43. The minimum atomic E-state index is -0.448. The van der Waals surface area contributed by atoms with Gasteiger partial charge in [0.2, 0.25) is 0 Å². The Morgan fingerprint density at radius 3 is 2.08 bits per heavy atom. The van der Waals surface area contributed by atoms with Crippen molar-refractivity contribution in [2.24, 2.45) is 0 Å². The maximum absolute atomic E-state index is 10.4. The highest BCUT2D eigenvalue weighted by Gasteiger charge is 2.14. The van der Waals surface area contributed by atoms with Gasteiger partial charge in [0.05, 0.1) is 0 Å². The first-order chi connectivity index (χ1) is 12.5. The standard InChI is InChI=1S/C20H14O6/c21-15-3-1-2-13-11(15)6-7-18(20(13)25)26-10-4-5-12-14(8-10)19(24)17(23)9-16(12)22/h1-9,21-25H. The van der Waals surface area contributed by atoms with Crippen molar-refractivity contribution in [2.45, 2.75) is 0 Å². The van der Waals surface area contributed by atoms with E-state index in [1.54, 1.807) is 24.3 Å². The molecule has 4 aromatic rings. The second-order valence-corrected chi connectivity index (χ2v) is 5.86. The number of ether oxygens (including phenoxy) is 1. The van der Waals surface area contributed by atoms with Crippen molar-refractivity contribution >= 4 is 21.5 Å². The predicted octanol–water partition coefficient (Wildman–Crippen LogP) is 4.31. The van der Waals surface area contributed by atoms with Gasteiger partial charge in [0, 0.05) is 27.6 Å². The van der Waals surface area contributed by atoms with Crippen LogP contribution in [0.2, 0.25) is 0 Å². The zero-order chi connectivity index (χ0) is 18.4. The molecule has 4 aromatic carbocycles. The van der Waals surface area contributed by atoms with E-state index in [0.717, 1.165) is 6.07 Å². The molecule has 0 aliphatic carbocycles. The number of benzene rings is 4. The van der Waals surface area contributed by atoms with E-state index in [0.29, 0.717) is 16.2 Å². The first-order valence-electron chi connectivity index (χ1n) is 7.75. The van der Waals surface area contributed by atoms with Crippen LogP contribution in [0.25, 0.3) is 21.5 Å². The molecule has 0 atom stereocenters. The molecule has 0 unspecified atom stereocenters. The van der Waals surface area contributed by atoms with Gasteiger partial charge in [0.1, 0.15) is 17.2 Å². The molecule has 5 N–H and O–H groups in total.